The molecule has 0 saturated carbocycles. The first-order valence-electron chi connectivity index (χ1n) is 8.12. The van der Waals surface area contributed by atoms with Gasteiger partial charge in [-0.05, 0) is 33.6 Å². The lowest BCUT2D eigenvalue weighted by atomic mass is 10.2. The van der Waals surface area contributed by atoms with Crippen LogP contribution in [-0.2, 0) is 11.2 Å². The van der Waals surface area contributed by atoms with Gasteiger partial charge in [-0.2, -0.15) is 0 Å². The van der Waals surface area contributed by atoms with E-state index in [1.807, 2.05) is 6.92 Å². The number of morpholine rings is 1. The summed E-state index contributed by atoms with van der Waals surface area (Å²) >= 11 is 1.52. The molecular formula is C16H27N3O2S. The minimum absolute atomic E-state index is 0.00621. The van der Waals surface area contributed by atoms with Crippen molar-refractivity contribution in [3.05, 3.63) is 15.6 Å². The number of amides is 1. The quantitative estimate of drug-likeness (QED) is 0.871. The van der Waals surface area contributed by atoms with Crippen LogP contribution in [-0.4, -0.2) is 54.2 Å². The highest BCUT2D eigenvalue weighted by molar-refractivity contribution is 7.13. The normalized spacial score (nSPS) is 22.7. The summed E-state index contributed by atoms with van der Waals surface area (Å²) in [7, 11) is 0. The number of nitrogens with one attached hydrogen (secondary N) is 1. The molecule has 1 aromatic heterocycles. The molecule has 22 heavy (non-hydrogen) atoms. The average molecular weight is 325 g/mol. The van der Waals surface area contributed by atoms with Crippen molar-refractivity contribution in [3.63, 3.8) is 0 Å². The van der Waals surface area contributed by atoms with Gasteiger partial charge in [0.15, 0.2) is 0 Å². The first kappa shape index (κ1) is 17.4. The van der Waals surface area contributed by atoms with E-state index in [9.17, 15) is 4.79 Å². The maximum atomic E-state index is 12.3. The van der Waals surface area contributed by atoms with Crippen molar-refractivity contribution in [2.75, 3.05) is 26.2 Å². The van der Waals surface area contributed by atoms with E-state index in [2.05, 4.69) is 36.0 Å². The van der Waals surface area contributed by atoms with Gasteiger partial charge in [-0.1, -0.05) is 6.92 Å². The zero-order valence-corrected chi connectivity index (χ0v) is 14.8. The molecule has 0 radical (unpaired) electrons. The monoisotopic (exact) mass is 325 g/mol. The van der Waals surface area contributed by atoms with Crippen LogP contribution in [0.4, 0.5) is 0 Å². The number of aromatic nitrogens is 1. The molecule has 124 valence electrons. The van der Waals surface area contributed by atoms with Crippen LogP contribution in [0.25, 0.3) is 0 Å². The second-order valence-corrected chi connectivity index (χ2v) is 7.13. The molecular weight excluding hydrogens is 298 g/mol. The highest BCUT2D eigenvalue weighted by atomic mass is 32.1. The smallest absolute Gasteiger partial charge is 0.263 e. The Bertz CT molecular complexity index is 494. The highest BCUT2D eigenvalue weighted by Gasteiger charge is 2.22. The molecule has 2 rings (SSSR count). The molecule has 1 fully saturated rings. The molecule has 0 spiro atoms. The van der Waals surface area contributed by atoms with E-state index < -0.39 is 0 Å². The number of hydrogen-bond acceptors (Lipinski definition) is 5. The number of ether oxygens (including phenoxy) is 1. The summed E-state index contributed by atoms with van der Waals surface area (Å²) < 4.78 is 5.72. The Labute approximate surface area is 137 Å². The molecule has 1 amide bonds. The Hall–Kier alpha value is -0.980. The molecule has 2 unspecified atom stereocenters. The largest absolute Gasteiger partial charge is 0.373 e. The van der Waals surface area contributed by atoms with Gasteiger partial charge >= 0.3 is 0 Å². The van der Waals surface area contributed by atoms with Crippen LogP contribution in [0.1, 0.15) is 47.6 Å². The van der Waals surface area contributed by atoms with E-state index in [1.165, 1.54) is 11.3 Å². The van der Waals surface area contributed by atoms with E-state index in [4.69, 9.17) is 4.74 Å². The standard InChI is InChI=1S/C16H27N3O2S/c1-5-6-14-18-13(4)15(22-14)16(20)17-7-8-19-9-11(2)21-12(3)10-19/h11-12H,5-10H2,1-4H3,(H,17,20). The SMILES string of the molecule is CCCc1nc(C)c(C(=O)NCCN2CC(C)OC(C)C2)s1. The lowest BCUT2D eigenvalue weighted by molar-refractivity contribution is -0.0672. The third-order valence-corrected chi connectivity index (χ3v) is 4.94. The van der Waals surface area contributed by atoms with Crippen molar-refractivity contribution in [3.8, 4) is 0 Å². The first-order valence-corrected chi connectivity index (χ1v) is 8.93. The fraction of sp³-hybridized carbons (Fsp3) is 0.750. The average Bonchev–Trinajstić information content (AvgIpc) is 2.79. The van der Waals surface area contributed by atoms with Crippen LogP contribution >= 0.6 is 11.3 Å². The summed E-state index contributed by atoms with van der Waals surface area (Å²) in [6.07, 6.45) is 2.53. The number of aryl methyl sites for hydroxylation is 2. The maximum Gasteiger partial charge on any atom is 0.263 e. The predicted molar refractivity (Wildman–Crippen MR) is 89.6 cm³/mol. The van der Waals surface area contributed by atoms with Crippen molar-refractivity contribution < 1.29 is 9.53 Å². The number of hydrogen-bond donors (Lipinski definition) is 1. The van der Waals surface area contributed by atoms with Gasteiger partial charge in [-0.25, -0.2) is 4.98 Å². The van der Waals surface area contributed by atoms with Gasteiger partial charge in [0.1, 0.15) is 4.88 Å². The van der Waals surface area contributed by atoms with Gasteiger partial charge in [0.05, 0.1) is 22.9 Å². The summed E-state index contributed by atoms with van der Waals surface area (Å²) in [4.78, 5) is 19.8. The fourth-order valence-corrected chi connectivity index (χ4v) is 3.94. The molecule has 1 aliphatic heterocycles. The topological polar surface area (TPSA) is 54.5 Å². The summed E-state index contributed by atoms with van der Waals surface area (Å²) in [5.41, 5.74) is 0.847. The molecule has 5 nitrogen and oxygen atoms in total. The highest BCUT2D eigenvalue weighted by Crippen LogP contribution is 2.19. The third kappa shape index (κ3) is 4.76. The summed E-state index contributed by atoms with van der Waals surface area (Å²) in [6, 6.07) is 0. The number of carbonyl (C=O) groups is 1. The second-order valence-electron chi connectivity index (χ2n) is 6.04. The summed E-state index contributed by atoms with van der Waals surface area (Å²) in [6.45, 7) is 11.6. The van der Waals surface area contributed by atoms with Gasteiger partial charge in [0.25, 0.3) is 5.91 Å². The number of carbonyl (C=O) groups excluding carboxylic acids is 1. The van der Waals surface area contributed by atoms with E-state index in [1.54, 1.807) is 0 Å². The molecule has 6 heteroatoms. The molecule has 0 aromatic carbocycles. The van der Waals surface area contributed by atoms with E-state index in [-0.39, 0.29) is 18.1 Å². The van der Waals surface area contributed by atoms with Crippen molar-refractivity contribution >= 4 is 17.2 Å². The van der Waals surface area contributed by atoms with Crippen molar-refractivity contribution in [2.24, 2.45) is 0 Å². The second kappa shape index (κ2) is 8.04. The zero-order valence-electron chi connectivity index (χ0n) is 14.0. The van der Waals surface area contributed by atoms with E-state index in [0.717, 1.165) is 48.1 Å². The third-order valence-electron chi connectivity index (χ3n) is 3.72. The van der Waals surface area contributed by atoms with Crippen LogP contribution in [0.3, 0.4) is 0 Å². The van der Waals surface area contributed by atoms with Crippen LogP contribution in [0, 0.1) is 6.92 Å². The molecule has 1 N–H and O–H groups in total. The molecule has 1 aliphatic rings. The lowest BCUT2D eigenvalue weighted by Crippen LogP contribution is -2.47. The molecule has 2 atom stereocenters. The number of nitrogens with zero attached hydrogens (tertiary/aromatic N) is 2. The summed E-state index contributed by atoms with van der Waals surface area (Å²) in [5.74, 6) is 0.00621. The molecule has 1 saturated heterocycles. The van der Waals surface area contributed by atoms with E-state index in [0.29, 0.717) is 6.54 Å². The number of thiazole rings is 1. The molecule has 0 bridgehead atoms. The Morgan fingerprint density at radius 1 is 1.41 bits per heavy atom. The van der Waals surface area contributed by atoms with Crippen LogP contribution in [0.2, 0.25) is 0 Å². The first-order chi connectivity index (χ1) is 10.5. The van der Waals surface area contributed by atoms with Gasteiger partial charge in [-0.15, -0.1) is 11.3 Å². The summed E-state index contributed by atoms with van der Waals surface area (Å²) in [5, 5.41) is 4.08. The number of rotatable bonds is 6. The molecule has 2 heterocycles. The Morgan fingerprint density at radius 2 is 2.09 bits per heavy atom. The maximum absolute atomic E-state index is 12.3. The Morgan fingerprint density at radius 3 is 2.73 bits per heavy atom. The van der Waals surface area contributed by atoms with Crippen molar-refractivity contribution in [2.45, 2.75) is 52.7 Å². The van der Waals surface area contributed by atoms with E-state index >= 15 is 0 Å². The Kier molecular flexibility index (Phi) is 6.35. The Balaban J connectivity index is 1.80. The fourth-order valence-electron chi connectivity index (χ4n) is 2.86. The minimum atomic E-state index is 0.00621. The van der Waals surface area contributed by atoms with Crippen LogP contribution < -0.4 is 5.32 Å². The van der Waals surface area contributed by atoms with Crippen LogP contribution in [0.15, 0.2) is 0 Å². The molecule has 0 aliphatic carbocycles. The van der Waals surface area contributed by atoms with Gasteiger partial charge < -0.3 is 10.1 Å². The molecule has 1 aromatic rings. The van der Waals surface area contributed by atoms with Gasteiger partial charge in [-0.3, -0.25) is 9.69 Å². The van der Waals surface area contributed by atoms with Crippen molar-refractivity contribution in [1.82, 2.24) is 15.2 Å². The zero-order chi connectivity index (χ0) is 16.1. The predicted octanol–water partition coefficient (Wildman–Crippen LogP) is 2.24. The van der Waals surface area contributed by atoms with Crippen LogP contribution in [0.5, 0.6) is 0 Å². The lowest BCUT2D eigenvalue weighted by Gasteiger charge is -2.35. The van der Waals surface area contributed by atoms with Crippen molar-refractivity contribution in [1.29, 1.82) is 0 Å². The van der Waals surface area contributed by atoms with Gasteiger partial charge in [0, 0.05) is 26.2 Å². The van der Waals surface area contributed by atoms with Gasteiger partial charge in [0.2, 0.25) is 0 Å². The minimum Gasteiger partial charge on any atom is -0.373 e.